The van der Waals surface area contributed by atoms with Crippen LogP contribution in [0.25, 0.3) is 0 Å². The molecule has 4 N–H and O–H groups in total. The van der Waals surface area contributed by atoms with Gasteiger partial charge in [-0.25, -0.2) is 9.97 Å². The standard InChI is InChI=1S/C16H23N5O2/c1-3-21(9-10-22)16-14(17)15(18-11-19-16)20-12-5-7-13(8-6-12)23-4-2/h5-8,11,22H,3-4,9-10,17H2,1-2H3,(H,18,19,20). The molecular weight excluding hydrogens is 294 g/mol. The minimum atomic E-state index is 0.0406. The van der Waals surface area contributed by atoms with E-state index < -0.39 is 0 Å². The number of benzene rings is 1. The molecule has 1 heterocycles. The number of ether oxygens (including phenoxy) is 1. The summed E-state index contributed by atoms with van der Waals surface area (Å²) in [5.74, 6) is 1.97. The van der Waals surface area contributed by atoms with Crippen LogP contribution in [0.15, 0.2) is 30.6 Å². The molecule has 0 atom stereocenters. The Hall–Kier alpha value is -2.54. The van der Waals surface area contributed by atoms with E-state index in [2.05, 4.69) is 15.3 Å². The van der Waals surface area contributed by atoms with Crippen LogP contribution in [-0.4, -0.2) is 41.4 Å². The van der Waals surface area contributed by atoms with Crippen LogP contribution in [0.3, 0.4) is 0 Å². The lowest BCUT2D eigenvalue weighted by Crippen LogP contribution is -2.28. The van der Waals surface area contributed by atoms with E-state index in [0.717, 1.165) is 11.4 Å². The second-order valence-corrected chi connectivity index (χ2v) is 4.85. The fourth-order valence-electron chi connectivity index (χ4n) is 2.21. The molecule has 0 radical (unpaired) electrons. The van der Waals surface area contributed by atoms with Gasteiger partial charge in [-0.3, -0.25) is 0 Å². The normalized spacial score (nSPS) is 10.4. The second-order valence-electron chi connectivity index (χ2n) is 4.85. The molecule has 0 unspecified atom stereocenters. The van der Waals surface area contributed by atoms with Gasteiger partial charge in [-0.05, 0) is 38.1 Å². The van der Waals surface area contributed by atoms with E-state index in [0.29, 0.717) is 37.0 Å². The van der Waals surface area contributed by atoms with Crippen LogP contribution < -0.4 is 20.7 Å². The summed E-state index contributed by atoms with van der Waals surface area (Å²) < 4.78 is 5.42. The highest BCUT2D eigenvalue weighted by atomic mass is 16.5. The molecule has 2 rings (SSSR count). The minimum Gasteiger partial charge on any atom is -0.494 e. The molecule has 7 nitrogen and oxygen atoms in total. The molecule has 0 spiro atoms. The molecule has 0 amide bonds. The van der Waals surface area contributed by atoms with E-state index in [4.69, 9.17) is 15.6 Å². The third-order valence-corrected chi connectivity index (χ3v) is 3.34. The van der Waals surface area contributed by atoms with Crippen molar-refractivity contribution >= 4 is 23.0 Å². The van der Waals surface area contributed by atoms with Crippen molar-refractivity contribution in [3.8, 4) is 5.75 Å². The quantitative estimate of drug-likeness (QED) is 0.685. The fraction of sp³-hybridized carbons (Fsp3) is 0.375. The molecule has 1 aromatic carbocycles. The van der Waals surface area contributed by atoms with Gasteiger partial charge >= 0.3 is 0 Å². The summed E-state index contributed by atoms with van der Waals surface area (Å²) in [6.07, 6.45) is 1.46. The van der Waals surface area contributed by atoms with Crippen molar-refractivity contribution in [3.63, 3.8) is 0 Å². The second kappa shape index (κ2) is 8.19. The topological polar surface area (TPSA) is 96.5 Å². The number of nitrogens with zero attached hydrogens (tertiary/aromatic N) is 3. The molecule has 0 aliphatic heterocycles. The van der Waals surface area contributed by atoms with Gasteiger partial charge in [-0.2, -0.15) is 0 Å². The SMILES string of the molecule is CCOc1ccc(Nc2ncnc(N(CC)CCO)c2N)cc1. The van der Waals surface area contributed by atoms with Crippen LogP contribution in [0.1, 0.15) is 13.8 Å². The summed E-state index contributed by atoms with van der Waals surface area (Å²) in [5.41, 5.74) is 7.49. The summed E-state index contributed by atoms with van der Waals surface area (Å²) in [7, 11) is 0. The first-order valence-corrected chi connectivity index (χ1v) is 7.65. The van der Waals surface area contributed by atoms with E-state index in [1.807, 2.05) is 43.0 Å². The first-order valence-electron chi connectivity index (χ1n) is 7.65. The van der Waals surface area contributed by atoms with Crippen molar-refractivity contribution in [1.29, 1.82) is 0 Å². The molecule has 0 saturated carbocycles. The van der Waals surface area contributed by atoms with Gasteiger partial charge in [0.05, 0.1) is 13.2 Å². The Morgan fingerprint density at radius 1 is 1.22 bits per heavy atom. The van der Waals surface area contributed by atoms with Crippen LogP contribution in [0, 0.1) is 0 Å². The predicted octanol–water partition coefficient (Wildman–Crippen LogP) is 2.02. The van der Waals surface area contributed by atoms with E-state index >= 15 is 0 Å². The number of aliphatic hydroxyl groups excluding tert-OH is 1. The number of nitrogens with two attached hydrogens (primary N) is 1. The fourth-order valence-corrected chi connectivity index (χ4v) is 2.21. The van der Waals surface area contributed by atoms with Crippen LogP contribution in [-0.2, 0) is 0 Å². The molecule has 1 aromatic heterocycles. The zero-order valence-corrected chi connectivity index (χ0v) is 13.5. The number of likely N-dealkylation sites (N-methyl/N-ethyl adjacent to an activating group) is 1. The number of aliphatic hydroxyl groups is 1. The van der Waals surface area contributed by atoms with Gasteiger partial charge in [0.1, 0.15) is 17.8 Å². The summed E-state index contributed by atoms with van der Waals surface area (Å²) in [6.45, 7) is 5.77. The van der Waals surface area contributed by atoms with Gasteiger partial charge in [-0.1, -0.05) is 0 Å². The molecule has 7 heteroatoms. The smallest absolute Gasteiger partial charge is 0.159 e. The summed E-state index contributed by atoms with van der Waals surface area (Å²) in [5, 5.41) is 12.3. The number of anilines is 4. The summed E-state index contributed by atoms with van der Waals surface area (Å²) in [4.78, 5) is 10.3. The number of hydrogen-bond donors (Lipinski definition) is 3. The molecule has 0 aliphatic carbocycles. The zero-order valence-electron chi connectivity index (χ0n) is 13.5. The average Bonchev–Trinajstić information content (AvgIpc) is 2.57. The maximum absolute atomic E-state index is 9.14. The van der Waals surface area contributed by atoms with E-state index in [-0.39, 0.29) is 6.61 Å². The maximum atomic E-state index is 9.14. The third-order valence-electron chi connectivity index (χ3n) is 3.34. The van der Waals surface area contributed by atoms with Crippen LogP contribution in [0.4, 0.5) is 23.0 Å². The van der Waals surface area contributed by atoms with E-state index in [9.17, 15) is 0 Å². The lowest BCUT2D eigenvalue weighted by molar-refractivity contribution is 0.302. The predicted molar refractivity (Wildman–Crippen MR) is 92.3 cm³/mol. The van der Waals surface area contributed by atoms with Crippen molar-refractivity contribution < 1.29 is 9.84 Å². The highest BCUT2D eigenvalue weighted by molar-refractivity contribution is 5.78. The summed E-state index contributed by atoms with van der Waals surface area (Å²) >= 11 is 0. The van der Waals surface area contributed by atoms with Crippen molar-refractivity contribution in [1.82, 2.24) is 9.97 Å². The monoisotopic (exact) mass is 317 g/mol. The lowest BCUT2D eigenvalue weighted by Gasteiger charge is -2.23. The largest absolute Gasteiger partial charge is 0.494 e. The van der Waals surface area contributed by atoms with Gasteiger partial charge in [0.25, 0.3) is 0 Å². The van der Waals surface area contributed by atoms with E-state index in [1.54, 1.807) is 0 Å². The Kier molecular flexibility index (Phi) is 5.99. The minimum absolute atomic E-state index is 0.0406. The Morgan fingerprint density at radius 3 is 2.57 bits per heavy atom. The van der Waals surface area contributed by atoms with E-state index in [1.165, 1.54) is 6.33 Å². The molecule has 0 fully saturated rings. The van der Waals surface area contributed by atoms with Crippen LogP contribution >= 0.6 is 0 Å². The first kappa shape index (κ1) is 16.8. The van der Waals surface area contributed by atoms with Gasteiger partial charge < -0.3 is 25.8 Å². The molecule has 23 heavy (non-hydrogen) atoms. The highest BCUT2D eigenvalue weighted by Gasteiger charge is 2.13. The Bertz CT molecular complexity index is 618. The van der Waals surface area contributed by atoms with Gasteiger partial charge in [0.15, 0.2) is 11.6 Å². The highest BCUT2D eigenvalue weighted by Crippen LogP contribution is 2.28. The van der Waals surface area contributed by atoms with Crippen molar-refractivity contribution in [3.05, 3.63) is 30.6 Å². The van der Waals surface area contributed by atoms with Crippen molar-refractivity contribution in [2.75, 3.05) is 42.3 Å². The van der Waals surface area contributed by atoms with Crippen LogP contribution in [0.2, 0.25) is 0 Å². The number of nitrogen functional groups attached to an aromatic ring is 1. The number of rotatable bonds is 8. The van der Waals surface area contributed by atoms with Gasteiger partial charge in [0.2, 0.25) is 0 Å². The van der Waals surface area contributed by atoms with Gasteiger partial charge in [0, 0.05) is 18.8 Å². The molecule has 124 valence electrons. The first-order chi connectivity index (χ1) is 11.2. The Balaban J connectivity index is 2.19. The molecule has 0 bridgehead atoms. The zero-order chi connectivity index (χ0) is 16.7. The number of hydrogen-bond acceptors (Lipinski definition) is 7. The molecule has 0 aliphatic rings. The third kappa shape index (κ3) is 4.23. The molecular formula is C16H23N5O2. The number of nitrogens with one attached hydrogen (secondary N) is 1. The summed E-state index contributed by atoms with van der Waals surface area (Å²) in [6, 6.07) is 7.57. The van der Waals surface area contributed by atoms with Gasteiger partial charge in [-0.15, -0.1) is 0 Å². The van der Waals surface area contributed by atoms with Crippen molar-refractivity contribution in [2.45, 2.75) is 13.8 Å². The number of aromatic nitrogens is 2. The lowest BCUT2D eigenvalue weighted by atomic mass is 10.3. The average molecular weight is 317 g/mol. The Labute approximate surface area is 136 Å². The molecule has 2 aromatic rings. The van der Waals surface area contributed by atoms with Crippen LogP contribution in [0.5, 0.6) is 5.75 Å². The maximum Gasteiger partial charge on any atom is 0.159 e. The van der Waals surface area contributed by atoms with Crippen molar-refractivity contribution in [2.24, 2.45) is 0 Å². The Morgan fingerprint density at radius 2 is 1.96 bits per heavy atom. The molecule has 0 saturated heterocycles.